The summed E-state index contributed by atoms with van der Waals surface area (Å²) in [5, 5.41) is 13.4. The molecular formula is C21H25N5O5. The van der Waals surface area contributed by atoms with Crippen molar-refractivity contribution in [3.8, 4) is 0 Å². The number of para-hydroxylation sites is 1. The molecule has 10 nitrogen and oxygen atoms in total. The third-order valence-electron chi connectivity index (χ3n) is 4.40. The minimum absolute atomic E-state index is 0.107. The molecular weight excluding hydrogens is 402 g/mol. The number of benzene rings is 1. The molecule has 0 saturated heterocycles. The third kappa shape index (κ3) is 5.10. The van der Waals surface area contributed by atoms with Crippen LogP contribution in [0.3, 0.4) is 0 Å². The summed E-state index contributed by atoms with van der Waals surface area (Å²) in [7, 11) is 0. The Hall–Kier alpha value is -3.66. The number of fused-ring (bicyclic) bond motifs is 3. The van der Waals surface area contributed by atoms with Gasteiger partial charge in [0.1, 0.15) is 17.3 Å². The molecule has 0 radical (unpaired) electrons. The Kier molecular flexibility index (Phi) is 6.11. The molecule has 0 bridgehead atoms. The molecule has 31 heavy (non-hydrogen) atoms. The second-order valence-electron chi connectivity index (χ2n) is 8.01. The number of hydrogen-bond acceptors (Lipinski definition) is 6. The maximum Gasteiger partial charge on any atom is 0.408 e. The lowest BCUT2D eigenvalue weighted by atomic mass is 10.1. The summed E-state index contributed by atoms with van der Waals surface area (Å²) in [6.07, 6.45) is -0.866. The molecule has 0 aliphatic carbocycles. The number of aliphatic hydroxyl groups excluding tert-OH is 1. The molecule has 5 N–H and O–H groups in total. The second-order valence-corrected chi connectivity index (χ2v) is 8.01. The number of aryl methyl sites for hydroxylation is 1. The lowest BCUT2D eigenvalue weighted by molar-refractivity contribution is -0.124. The van der Waals surface area contributed by atoms with Crippen LogP contribution in [-0.4, -0.2) is 51.2 Å². The number of carbonyl (C=O) groups is 3. The Morgan fingerprint density at radius 1 is 1.16 bits per heavy atom. The van der Waals surface area contributed by atoms with E-state index in [1.807, 2.05) is 24.3 Å². The predicted molar refractivity (Wildman–Crippen MR) is 114 cm³/mol. The van der Waals surface area contributed by atoms with Crippen LogP contribution < -0.4 is 16.2 Å². The van der Waals surface area contributed by atoms with E-state index in [4.69, 9.17) is 4.74 Å². The van der Waals surface area contributed by atoms with Gasteiger partial charge in [-0.1, -0.05) is 18.2 Å². The van der Waals surface area contributed by atoms with Gasteiger partial charge < -0.3 is 20.1 Å². The van der Waals surface area contributed by atoms with Crippen LogP contribution in [0.15, 0.2) is 30.3 Å². The van der Waals surface area contributed by atoms with E-state index < -0.39 is 36.2 Å². The van der Waals surface area contributed by atoms with Crippen LogP contribution in [0.2, 0.25) is 0 Å². The second kappa shape index (κ2) is 8.60. The number of aliphatic hydroxyl groups is 1. The molecule has 0 spiro atoms. The first-order valence-electron chi connectivity index (χ1n) is 9.67. The fourth-order valence-electron chi connectivity index (χ4n) is 3.03. The number of hydrazine groups is 1. The Balaban J connectivity index is 1.69. The molecule has 164 valence electrons. The molecule has 0 fully saturated rings. The number of nitrogens with one attached hydrogen (secondary N) is 4. The lowest BCUT2D eigenvalue weighted by Gasteiger charge is -2.22. The van der Waals surface area contributed by atoms with Crippen LogP contribution >= 0.6 is 0 Å². The summed E-state index contributed by atoms with van der Waals surface area (Å²) in [6.45, 7) is 6.10. The van der Waals surface area contributed by atoms with Crippen molar-refractivity contribution in [2.45, 2.75) is 39.3 Å². The summed E-state index contributed by atoms with van der Waals surface area (Å²) in [5.74, 6) is -1.45. The van der Waals surface area contributed by atoms with Gasteiger partial charge in [-0.15, -0.1) is 0 Å². The van der Waals surface area contributed by atoms with Gasteiger partial charge in [-0.05, 0) is 39.8 Å². The summed E-state index contributed by atoms with van der Waals surface area (Å²) < 4.78 is 5.06. The standard InChI is InChI=1S/C21H25N5O5/c1-11-17-13(12-7-5-6-8-14(12)23-17)9-15(22-11)18(28)25-26-19(29)16(10-27)24-20(30)31-21(2,3)4/h5-9,16,23,27H,10H2,1-4H3,(H,24,30)(H,25,28)(H,26,29)/t16-/m0/s1. The van der Waals surface area contributed by atoms with Gasteiger partial charge in [0.15, 0.2) is 0 Å². The molecule has 0 aliphatic heterocycles. The van der Waals surface area contributed by atoms with Crippen molar-refractivity contribution in [3.05, 3.63) is 41.7 Å². The Bertz CT molecular complexity index is 1150. The first-order valence-corrected chi connectivity index (χ1v) is 9.67. The highest BCUT2D eigenvalue weighted by Crippen LogP contribution is 2.27. The summed E-state index contributed by atoms with van der Waals surface area (Å²) >= 11 is 0. The Labute approximate surface area is 178 Å². The van der Waals surface area contributed by atoms with Crippen molar-refractivity contribution in [2.75, 3.05) is 6.61 Å². The molecule has 0 aliphatic rings. The topological polar surface area (TPSA) is 145 Å². The largest absolute Gasteiger partial charge is 0.444 e. The van der Waals surface area contributed by atoms with Gasteiger partial charge in [-0.2, -0.15) is 0 Å². The van der Waals surface area contributed by atoms with Gasteiger partial charge in [0.05, 0.1) is 17.8 Å². The van der Waals surface area contributed by atoms with Gasteiger partial charge >= 0.3 is 6.09 Å². The van der Waals surface area contributed by atoms with E-state index in [-0.39, 0.29) is 5.69 Å². The van der Waals surface area contributed by atoms with Gasteiger partial charge in [0.2, 0.25) is 0 Å². The number of amides is 3. The number of carbonyl (C=O) groups excluding carboxylic acids is 3. The molecule has 1 atom stereocenters. The van der Waals surface area contributed by atoms with E-state index in [0.29, 0.717) is 5.69 Å². The number of nitrogens with zero attached hydrogens (tertiary/aromatic N) is 1. The average molecular weight is 427 g/mol. The number of rotatable bonds is 4. The zero-order valence-corrected chi connectivity index (χ0v) is 17.7. The maximum absolute atomic E-state index is 12.6. The van der Waals surface area contributed by atoms with E-state index in [1.54, 1.807) is 33.8 Å². The molecule has 3 amide bonds. The van der Waals surface area contributed by atoms with Crippen molar-refractivity contribution in [3.63, 3.8) is 0 Å². The zero-order chi connectivity index (χ0) is 22.8. The van der Waals surface area contributed by atoms with Crippen LogP contribution in [0, 0.1) is 6.92 Å². The number of pyridine rings is 1. The van der Waals surface area contributed by atoms with E-state index in [1.165, 1.54) is 0 Å². The van der Waals surface area contributed by atoms with E-state index in [9.17, 15) is 19.5 Å². The predicted octanol–water partition coefficient (Wildman–Crippen LogP) is 1.67. The van der Waals surface area contributed by atoms with Gasteiger partial charge in [-0.25, -0.2) is 9.78 Å². The highest BCUT2D eigenvalue weighted by atomic mass is 16.6. The smallest absolute Gasteiger partial charge is 0.408 e. The fourth-order valence-corrected chi connectivity index (χ4v) is 3.03. The summed E-state index contributed by atoms with van der Waals surface area (Å²) in [5.41, 5.74) is 6.15. The first kappa shape index (κ1) is 22.0. The van der Waals surface area contributed by atoms with Crippen molar-refractivity contribution in [1.29, 1.82) is 0 Å². The average Bonchev–Trinajstić information content (AvgIpc) is 3.08. The number of hydrogen-bond donors (Lipinski definition) is 5. The van der Waals surface area contributed by atoms with Gasteiger partial charge in [-0.3, -0.25) is 20.4 Å². The van der Waals surface area contributed by atoms with E-state index in [0.717, 1.165) is 21.8 Å². The number of ether oxygens (including phenoxy) is 1. The molecule has 1 aromatic carbocycles. The zero-order valence-electron chi connectivity index (χ0n) is 17.7. The Morgan fingerprint density at radius 3 is 2.55 bits per heavy atom. The van der Waals surface area contributed by atoms with E-state index >= 15 is 0 Å². The summed E-state index contributed by atoms with van der Waals surface area (Å²) in [4.78, 5) is 44.2. The van der Waals surface area contributed by atoms with Crippen molar-refractivity contribution in [2.24, 2.45) is 0 Å². The third-order valence-corrected chi connectivity index (χ3v) is 4.40. The fraction of sp³-hybridized carbons (Fsp3) is 0.333. The van der Waals surface area contributed by atoms with Crippen molar-refractivity contribution in [1.82, 2.24) is 26.1 Å². The van der Waals surface area contributed by atoms with Crippen LogP contribution in [0.5, 0.6) is 0 Å². The van der Waals surface area contributed by atoms with Gasteiger partial charge in [0, 0.05) is 16.3 Å². The van der Waals surface area contributed by atoms with Crippen molar-refractivity contribution < 1.29 is 24.2 Å². The molecule has 3 rings (SSSR count). The molecule has 2 aromatic heterocycles. The number of aromatic nitrogens is 2. The monoisotopic (exact) mass is 427 g/mol. The quantitative estimate of drug-likeness (QED) is 0.401. The first-order chi connectivity index (χ1) is 14.6. The maximum atomic E-state index is 12.6. The molecule has 3 aromatic rings. The van der Waals surface area contributed by atoms with Crippen LogP contribution in [0.1, 0.15) is 37.0 Å². The molecule has 10 heteroatoms. The minimum Gasteiger partial charge on any atom is -0.444 e. The lowest BCUT2D eigenvalue weighted by Crippen LogP contribution is -2.54. The number of aromatic amines is 1. The normalized spacial score (nSPS) is 12.4. The van der Waals surface area contributed by atoms with Crippen LogP contribution in [-0.2, 0) is 9.53 Å². The Morgan fingerprint density at radius 2 is 1.87 bits per heavy atom. The molecule has 0 saturated carbocycles. The van der Waals surface area contributed by atoms with E-state index in [2.05, 4.69) is 26.1 Å². The number of alkyl carbamates (subject to hydrolysis) is 1. The van der Waals surface area contributed by atoms with Crippen molar-refractivity contribution >= 4 is 39.7 Å². The highest BCUT2D eigenvalue weighted by molar-refractivity contribution is 6.10. The summed E-state index contributed by atoms with van der Waals surface area (Å²) in [6, 6.07) is 8.00. The van der Waals surface area contributed by atoms with Gasteiger partial charge in [0.25, 0.3) is 11.8 Å². The molecule has 2 heterocycles. The highest BCUT2D eigenvalue weighted by Gasteiger charge is 2.24. The number of H-pyrrole nitrogens is 1. The molecule has 0 unspecified atom stereocenters. The van der Waals surface area contributed by atoms with Crippen LogP contribution in [0.25, 0.3) is 21.8 Å². The SMILES string of the molecule is Cc1nc(C(=O)NNC(=O)[C@H](CO)NC(=O)OC(C)(C)C)cc2c1[nH]c1ccccc12. The van der Waals surface area contributed by atoms with Crippen LogP contribution in [0.4, 0.5) is 4.79 Å². The minimum atomic E-state index is -1.30.